The Morgan fingerprint density at radius 1 is 1.00 bits per heavy atom. The van der Waals surface area contributed by atoms with Crippen LogP contribution in [0.25, 0.3) is 55.8 Å². The summed E-state index contributed by atoms with van der Waals surface area (Å²) in [6.45, 7) is 1.56. The summed E-state index contributed by atoms with van der Waals surface area (Å²) >= 11 is 0. The van der Waals surface area contributed by atoms with Crippen molar-refractivity contribution in [3.05, 3.63) is 73.2 Å². The van der Waals surface area contributed by atoms with Crippen LogP contribution in [0.15, 0.2) is 67.4 Å². The largest absolute Gasteiger partial charge is 0.384 e. The highest BCUT2D eigenvalue weighted by molar-refractivity contribution is 5.99. The first-order valence-corrected chi connectivity index (χ1v) is 11.8. The van der Waals surface area contributed by atoms with Crippen molar-refractivity contribution < 1.29 is 4.39 Å². The van der Waals surface area contributed by atoms with Crippen LogP contribution in [0.2, 0.25) is 0 Å². The molecule has 1 aromatic carbocycles. The van der Waals surface area contributed by atoms with Gasteiger partial charge >= 0.3 is 0 Å². The predicted molar refractivity (Wildman–Crippen MR) is 142 cm³/mol. The van der Waals surface area contributed by atoms with Gasteiger partial charge in [0.05, 0.1) is 16.9 Å². The Hall–Kier alpha value is -4.70. The van der Waals surface area contributed by atoms with E-state index in [-0.39, 0.29) is 5.82 Å². The van der Waals surface area contributed by atoms with Crippen LogP contribution in [0.3, 0.4) is 0 Å². The summed E-state index contributed by atoms with van der Waals surface area (Å²) in [6.07, 6.45) is 6.66. The first kappa shape index (κ1) is 22.7. The van der Waals surface area contributed by atoms with Gasteiger partial charge in [-0.15, -0.1) is 0 Å². The molecule has 5 heterocycles. The van der Waals surface area contributed by atoms with Gasteiger partial charge in [-0.3, -0.25) is 5.10 Å². The van der Waals surface area contributed by atoms with Gasteiger partial charge in [-0.2, -0.15) is 5.10 Å². The molecule has 6 rings (SSSR count). The van der Waals surface area contributed by atoms with Crippen molar-refractivity contribution in [1.82, 2.24) is 40.0 Å². The van der Waals surface area contributed by atoms with Crippen LogP contribution >= 0.6 is 0 Å². The fourth-order valence-corrected chi connectivity index (χ4v) is 4.36. The number of aromatic amines is 2. The molecule has 3 N–H and O–H groups in total. The van der Waals surface area contributed by atoms with Gasteiger partial charge in [0.25, 0.3) is 0 Å². The van der Waals surface area contributed by atoms with E-state index in [9.17, 15) is 4.39 Å². The average molecular weight is 494 g/mol. The van der Waals surface area contributed by atoms with Crippen LogP contribution in [0.4, 0.5) is 10.1 Å². The maximum absolute atomic E-state index is 14.6. The molecule has 0 aliphatic heterocycles. The number of rotatable bonds is 7. The van der Waals surface area contributed by atoms with Crippen LogP contribution in [0.5, 0.6) is 0 Å². The minimum Gasteiger partial charge on any atom is -0.384 e. The molecule has 0 fully saturated rings. The number of fused-ring (bicyclic) bond motifs is 2. The van der Waals surface area contributed by atoms with Crippen molar-refractivity contribution in [3.8, 4) is 33.8 Å². The SMILES string of the molecule is CN(C)CCNc1cc(F)cc(-c2ccnc3[nH]c(-c4n[nH]c5ccc(-c6cncnc6)nc45)cc23)c1. The van der Waals surface area contributed by atoms with E-state index in [0.29, 0.717) is 23.4 Å². The standard InChI is InChI=1S/C27H24FN9/c1-37(2)8-7-31-19-10-16(9-18(28)11-19)20-5-6-32-27-21(20)12-24(34-27)26-25-23(35-36-26)4-3-22(33-25)17-13-29-15-30-14-17/h3-6,9-15,31H,7-8H2,1-2H3,(H,32,34)(H,35,36). The number of benzene rings is 1. The van der Waals surface area contributed by atoms with E-state index >= 15 is 0 Å². The molecule has 0 saturated carbocycles. The van der Waals surface area contributed by atoms with Crippen LogP contribution in [-0.2, 0) is 0 Å². The monoisotopic (exact) mass is 493 g/mol. The number of halogens is 1. The van der Waals surface area contributed by atoms with Gasteiger partial charge in [-0.05, 0) is 67.7 Å². The van der Waals surface area contributed by atoms with Gasteiger partial charge in [0.2, 0.25) is 0 Å². The van der Waals surface area contributed by atoms with Crippen molar-refractivity contribution >= 4 is 27.8 Å². The lowest BCUT2D eigenvalue weighted by molar-refractivity contribution is 0.425. The van der Waals surface area contributed by atoms with Gasteiger partial charge in [-0.25, -0.2) is 24.3 Å². The number of aromatic nitrogens is 7. The van der Waals surface area contributed by atoms with E-state index in [2.05, 4.69) is 40.3 Å². The van der Waals surface area contributed by atoms with Crippen molar-refractivity contribution in [2.24, 2.45) is 0 Å². The first-order chi connectivity index (χ1) is 18.0. The fourth-order valence-electron chi connectivity index (χ4n) is 4.36. The second-order valence-electron chi connectivity index (χ2n) is 9.05. The highest BCUT2D eigenvalue weighted by Crippen LogP contribution is 2.34. The maximum atomic E-state index is 14.6. The fraction of sp³-hybridized carbons (Fsp3) is 0.148. The Balaban J connectivity index is 1.41. The van der Waals surface area contributed by atoms with Crippen molar-refractivity contribution in [1.29, 1.82) is 0 Å². The number of hydrogen-bond acceptors (Lipinski definition) is 7. The van der Waals surface area contributed by atoms with Crippen molar-refractivity contribution in [3.63, 3.8) is 0 Å². The normalized spacial score (nSPS) is 11.6. The van der Waals surface area contributed by atoms with Crippen LogP contribution in [0.1, 0.15) is 0 Å². The number of hydrogen-bond donors (Lipinski definition) is 3. The van der Waals surface area contributed by atoms with E-state index in [4.69, 9.17) is 4.98 Å². The van der Waals surface area contributed by atoms with Crippen molar-refractivity contribution in [2.45, 2.75) is 0 Å². The van der Waals surface area contributed by atoms with Crippen molar-refractivity contribution in [2.75, 3.05) is 32.5 Å². The Morgan fingerprint density at radius 2 is 1.86 bits per heavy atom. The molecule has 10 heteroatoms. The Bertz CT molecular complexity index is 1710. The molecule has 0 spiro atoms. The predicted octanol–water partition coefficient (Wildman–Crippen LogP) is 4.74. The number of pyridine rings is 2. The van der Waals surface area contributed by atoms with E-state index in [1.165, 1.54) is 18.5 Å². The zero-order valence-corrected chi connectivity index (χ0v) is 20.3. The molecular formula is C27H24FN9. The lowest BCUT2D eigenvalue weighted by atomic mass is 10.0. The number of likely N-dealkylation sites (N-methyl/N-ethyl adjacent to an activating group) is 1. The first-order valence-electron chi connectivity index (χ1n) is 11.8. The maximum Gasteiger partial charge on any atom is 0.138 e. The average Bonchev–Trinajstić information content (AvgIpc) is 3.52. The summed E-state index contributed by atoms with van der Waals surface area (Å²) in [5.41, 5.74) is 7.57. The molecule has 0 aliphatic rings. The lowest BCUT2D eigenvalue weighted by Gasteiger charge is -2.13. The van der Waals surface area contributed by atoms with Gasteiger partial charge in [0, 0.05) is 48.3 Å². The molecular weight excluding hydrogens is 469 g/mol. The van der Waals surface area contributed by atoms with E-state index < -0.39 is 0 Å². The molecule has 0 radical (unpaired) electrons. The molecule has 37 heavy (non-hydrogen) atoms. The van der Waals surface area contributed by atoms with Crippen LogP contribution in [-0.4, -0.2) is 67.2 Å². The minimum absolute atomic E-state index is 0.300. The summed E-state index contributed by atoms with van der Waals surface area (Å²) in [6, 6.07) is 12.7. The zero-order valence-electron chi connectivity index (χ0n) is 20.3. The summed E-state index contributed by atoms with van der Waals surface area (Å²) < 4.78 is 14.6. The third kappa shape index (κ3) is 4.50. The Labute approximate surface area is 211 Å². The molecule has 6 aromatic rings. The Morgan fingerprint density at radius 3 is 2.70 bits per heavy atom. The molecule has 0 unspecified atom stereocenters. The van der Waals surface area contributed by atoms with Gasteiger partial charge in [-0.1, -0.05) is 0 Å². The number of anilines is 1. The van der Waals surface area contributed by atoms with Gasteiger partial charge in [0.1, 0.15) is 29.0 Å². The number of H-pyrrole nitrogens is 2. The third-order valence-corrected chi connectivity index (χ3v) is 6.15. The molecule has 0 atom stereocenters. The molecule has 0 bridgehead atoms. The highest BCUT2D eigenvalue weighted by Gasteiger charge is 2.16. The lowest BCUT2D eigenvalue weighted by Crippen LogP contribution is -2.20. The molecule has 9 nitrogen and oxygen atoms in total. The second-order valence-corrected chi connectivity index (χ2v) is 9.05. The molecule has 5 aromatic heterocycles. The minimum atomic E-state index is -0.300. The summed E-state index contributed by atoms with van der Waals surface area (Å²) in [5.74, 6) is -0.300. The molecule has 0 aliphatic carbocycles. The van der Waals surface area contributed by atoms with E-state index in [1.807, 2.05) is 44.4 Å². The van der Waals surface area contributed by atoms with E-state index in [1.54, 1.807) is 18.6 Å². The summed E-state index contributed by atoms with van der Waals surface area (Å²) in [7, 11) is 4.01. The Kier molecular flexibility index (Phi) is 5.78. The molecule has 0 saturated heterocycles. The number of nitrogens with one attached hydrogen (secondary N) is 3. The summed E-state index contributed by atoms with van der Waals surface area (Å²) in [5, 5.41) is 11.7. The zero-order chi connectivity index (χ0) is 25.4. The van der Waals surface area contributed by atoms with Crippen LogP contribution < -0.4 is 5.32 Å². The second kappa shape index (κ2) is 9.40. The number of nitrogens with zero attached hydrogens (tertiary/aromatic N) is 6. The quantitative estimate of drug-likeness (QED) is 0.295. The van der Waals surface area contributed by atoms with Crippen LogP contribution in [0, 0.1) is 5.82 Å². The summed E-state index contributed by atoms with van der Waals surface area (Å²) in [4.78, 5) is 23.0. The smallest absolute Gasteiger partial charge is 0.138 e. The van der Waals surface area contributed by atoms with Gasteiger partial charge in [0.15, 0.2) is 0 Å². The molecule has 184 valence electrons. The highest BCUT2D eigenvalue weighted by atomic mass is 19.1. The van der Waals surface area contributed by atoms with E-state index in [0.717, 1.165) is 51.2 Å². The molecule has 0 amide bonds. The topological polar surface area (TPSA) is 111 Å². The van der Waals surface area contributed by atoms with Gasteiger partial charge < -0.3 is 15.2 Å². The third-order valence-electron chi connectivity index (χ3n) is 6.15.